The Morgan fingerprint density at radius 2 is 2.28 bits per heavy atom. The minimum atomic E-state index is 0.522. The molecule has 0 saturated carbocycles. The molecule has 0 fully saturated rings. The van der Waals surface area contributed by atoms with Gasteiger partial charge in [-0.05, 0) is 30.5 Å². The van der Waals surface area contributed by atoms with Crippen molar-refractivity contribution in [3.05, 3.63) is 45.9 Å². The standard InChI is InChI=1S/C14H18N2OS/c1-2-4-14-16-12(10-18-14)9-17-13-6-3-5-11(7-13)8-15/h3,5-7,10H,2,4,8-9,15H2,1H3. The Morgan fingerprint density at radius 1 is 1.39 bits per heavy atom. The molecule has 0 radical (unpaired) electrons. The number of thiazole rings is 1. The Bertz CT molecular complexity index is 496. The number of aryl methyl sites for hydroxylation is 1. The van der Waals surface area contributed by atoms with Crippen LogP contribution in [0.15, 0.2) is 29.6 Å². The van der Waals surface area contributed by atoms with Gasteiger partial charge in [-0.15, -0.1) is 11.3 Å². The smallest absolute Gasteiger partial charge is 0.131 e. The van der Waals surface area contributed by atoms with Crippen LogP contribution in [0.1, 0.15) is 29.6 Å². The summed E-state index contributed by atoms with van der Waals surface area (Å²) < 4.78 is 5.71. The number of rotatable bonds is 6. The Labute approximate surface area is 112 Å². The molecule has 0 aliphatic carbocycles. The molecule has 2 N–H and O–H groups in total. The molecule has 0 amide bonds. The third-order valence-corrected chi connectivity index (χ3v) is 3.54. The second-order valence-corrected chi connectivity index (χ2v) is 5.07. The van der Waals surface area contributed by atoms with Crippen molar-refractivity contribution in [3.8, 4) is 5.75 Å². The molecule has 96 valence electrons. The molecule has 0 aliphatic rings. The van der Waals surface area contributed by atoms with Gasteiger partial charge in [0.15, 0.2) is 0 Å². The van der Waals surface area contributed by atoms with Crippen LogP contribution >= 0.6 is 11.3 Å². The van der Waals surface area contributed by atoms with E-state index in [4.69, 9.17) is 10.5 Å². The number of nitrogens with zero attached hydrogens (tertiary/aromatic N) is 1. The number of benzene rings is 1. The van der Waals surface area contributed by atoms with Gasteiger partial charge in [-0.25, -0.2) is 4.98 Å². The zero-order valence-corrected chi connectivity index (χ0v) is 11.4. The highest BCUT2D eigenvalue weighted by molar-refractivity contribution is 7.09. The number of aromatic nitrogens is 1. The van der Waals surface area contributed by atoms with E-state index in [1.165, 1.54) is 5.01 Å². The van der Waals surface area contributed by atoms with Gasteiger partial charge in [0.05, 0.1) is 10.7 Å². The largest absolute Gasteiger partial charge is 0.487 e. The van der Waals surface area contributed by atoms with E-state index in [1.54, 1.807) is 11.3 Å². The van der Waals surface area contributed by atoms with Crippen LogP contribution in [0, 0.1) is 0 Å². The van der Waals surface area contributed by atoms with Gasteiger partial charge in [0, 0.05) is 11.9 Å². The average molecular weight is 262 g/mol. The van der Waals surface area contributed by atoms with Crippen molar-refractivity contribution in [2.24, 2.45) is 5.73 Å². The summed E-state index contributed by atoms with van der Waals surface area (Å²) >= 11 is 1.71. The summed E-state index contributed by atoms with van der Waals surface area (Å²) in [6, 6.07) is 7.87. The lowest BCUT2D eigenvalue weighted by molar-refractivity contribution is 0.301. The van der Waals surface area contributed by atoms with Gasteiger partial charge in [-0.1, -0.05) is 19.1 Å². The van der Waals surface area contributed by atoms with Crippen LogP contribution in [-0.2, 0) is 19.6 Å². The third kappa shape index (κ3) is 3.55. The van der Waals surface area contributed by atoms with Crippen molar-refractivity contribution in [3.63, 3.8) is 0 Å². The molecule has 1 aromatic heterocycles. The maximum atomic E-state index is 5.71. The first-order chi connectivity index (χ1) is 8.81. The van der Waals surface area contributed by atoms with E-state index < -0.39 is 0 Å². The molecule has 0 aliphatic heterocycles. The second kappa shape index (κ2) is 6.52. The maximum absolute atomic E-state index is 5.71. The lowest BCUT2D eigenvalue weighted by Gasteiger charge is -2.05. The lowest BCUT2D eigenvalue weighted by atomic mass is 10.2. The van der Waals surface area contributed by atoms with Crippen molar-refractivity contribution in [2.45, 2.75) is 32.9 Å². The van der Waals surface area contributed by atoms with Gasteiger partial charge in [0.1, 0.15) is 12.4 Å². The molecule has 3 nitrogen and oxygen atoms in total. The van der Waals surface area contributed by atoms with Gasteiger partial charge in [-0.2, -0.15) is 0 Å². The topological polar surface area (TPSA) is 48.1 Å². The van der Waals surface area contributed by atoms with E-state index in [-0.39, 0.29) is 0 Å². The van der Waals surface area contributed by atoms with Gasteiger partial charge in [-0.3, -0.25) is 0 Å². The average Bonchev–Trinajstić information content (AvgIpc) is 2.85. The molecule has 1 heterocycles. The van der Waals surface area contributed by atoms with Crippen LogP contribution in [0.5, 0.6) is 5.75 Å². The van der Waals surface area contributed by atoms with Gasteiger partial charge in [0.25, 0.3) is 0 Å². The van der Waals surface area contributed by atoms with Gasteiger partial charge >= 0.3 is 0 Å². The fraction of sp³-hybridized carbons (Fsp3) is 0.357. The SMILES string of the molecule is CCCc1nc(COc2cccc(CN)c2)cs1. The Hall–Kier alpha value is -1.39. The van der Waals surface area contributed by atoms with Crippen molar-refractivity contribution in [2.75, 3.05) is 0 Å². The zero-order chi connectivity index (χ0) is 12.8. The van der Waals surface area contributed by atoms with Crippen LogP contribution in [0.2, 0.25) is 0 Å². The predicted octanol–water partition coefficient (Wildman–Crippen LogP) is 3.13. The molecular formula is C14H18N2OS. The van der Waals surface area contributed by atoms with Crippen molar-refractivity contribution in [1.29, 1.82) is 0 Å². The van der Waals surface area contributed by atoms with Crippen LogP contribution in [0.4, 0.5) is 0 Å². The molecule has 0 unspecified atom stereocenters. The summed E-state index contributed by atoms with van der Waals surface area (Å²) in [7, 11) is 0. The van der Waals surface area contributed by atoms with E-state index in [9.17, 15) is 0 Å². The van der Waals surface area contributed by atoms with E-state index in [0.29, 0.717) is 13.2 Å². The molecule has 1 aromatic carbocycles. The molecular weight excluding hydrogens is 244 g/mol. The van der Waals surface area contributed by atoms with Crippen LogP contribution in [0.3, 0.4) is 0 Å². The highest BCUT2D eigenvalue weighted by Crippen LogP contribution is 2.17. The first-order valence-corrected chi connectivity index (χ1v) is 7.05. The summed E-state index contributed by atoms with van der Waals surface area (Å²) in [5.41, 5.74) is 7.68. The highest BCUT2D eigenvalue weighted by Gasteiger charge is 2.02. The van der Waals surface area contributed by atoms with Crippen molar-refractivity contribution >= 4 is 11.3 Å². The minimum Gasteiger partial charge on any atom is -0.487 e. The van der Waals surface area contributed by atoms with Gasteiger partial charge < -0.3 is 10.5 Å². The summed E-state index contributed by atoms with van der Waals surface area (Å²) in [6.45, 7) is 3.22. The summed E-state index contributed by atoms with van der Waals surface area (Å²) in [6.07, 6.45) is 2.18. The Kier molecular flexibility index (Phi) is 4.73. The van der Waals surface area contributed by atoms with E-state index in [2.05, 4.69) is 17.3 Å². The predicted molar refractivity (Wildman–Crippen MR) is 74.8 cm³/mol. The first kappa shape index (κ1) is 13.1. The first-order valence-electron chi connectivity index (χ1n) is 6.17. The molecule has 0 atom stereocenters. The van der Waals surface area contributed by atoms with Crippen LogP contribution < -0.4 is 10.5 Å². The van der Waals surface area contributed by atoms with Crippen molar-refractivity contribution in [1.82, 2.24) is 4.98 Å². The number of hydrogen-bond acceptors (Lipinski definition) is 4. The molecule has 0 bridgehead atoms. The molecule has 4 heteroatoms. The molecule has 2 aromatic rings. The fourth-order valence-electron chi connectivity index (χ4n) is 1.66. The van der Waals surface area contributed by atoms with Gasteiger partial charge in [0.2, 0.25) is 0 Å². The third-order valence-electron chi connectivity index (χ3n) is 2.58. The Morgan fingerprint density at radius 3 is 3.06 bits per heavy atom. The highest BCUT2D eigenvalue weighted by atomic mass is 32.1. The molecule has 0 spiro atoms. The monoisotopic (exact) mass is 262 g/mol. The number of hydrogen-bond donors (Lipinski definition) is 1. The molecule has 0 saturated heterocycles. The van der Waals surface area contributed by atoms with Crippen molar-refractivity contribution < 1.29 is 4.74 Å². The quantitative estimate of drug-likeness (QED) is 0.870. The fourth-order valence-corrected chi connectivity index (χ4v) is 2.55. The Balaban J connectivity index is 1.93. The number of nitrogens with two attached hydrogens (primary N) is 1. The molecule has 2 rings (SSSR count). The zero-order valence-electron chi connectivity index (χ0n) is 10.6. The second-order valence-electron chi connectivity index (χ2n) is 4.12. The van der Waals surface area contributed by atoms with Crippen LogP contribution in [-0.4, -0.2) is 4.98 Å². The van der Waals surface area contributed by atoms with E-state index >= 15 is 0 Å². The lowest BCUT2D eigenvalue weighted by Crippen LogP contribution is -1.99. The summed E-state index contributed by atoms with van der Waals surface area (Å²) in [5.74, 6) is 0.850. The normalized spacial score (nSPS) is 10.6. The summed E-state index contributed by atoms with van der Waals surface area (Å²) in [5, 5.41) is 3.25. The molecule has 18 heavy (non-hydrogen) atoms. The summed E-state index contributed by atoms with van der Waals surface area (Å²) in [4.78, 5) is 4.53. The minimum absolute atomic E-state index is 0.522. The number of ether oxygens (including phenoxy) is 1. The van der Waals surface area contributed by atoms with Crippen LogP contribution in [0.25, 0.3) is 0 Å². The van der Waals surface area contributed by atoms with E-state index in [1.807, 2.05) is 24.3 Å². The van der Waals surface area contributed by atoms with E-state index in [0.717, 1.165) is 29.8 Å². The maximum Gasteiger partial charge on any atom is 0.131 e.